The molecule has 11 rings (SSSR count). The maximum atomic E-state index is 12.3. The molecular weight excluding hydrogens is 1520 g/mol. The van der Waals surface area contributed by atoms with Gasteiger partial charge in [0.2, 0.25) is 0 Å². The number of aliphatic hydroxyl groups is 10. The third-order valence-corrected chi connectivity index (χ3v) is 22.4. The van der Waals surface area contributed by atoms with Gasteiger partial charge >= 0.3 is 166 Å². The van der Waals surface area contributed by atoms with Crippen molar-refractivity contribution in [2.75, 3.05) is 78.9 Å². The number of imidazole rings is 1. The third-order valence-electron chi connectivity index (χ3n) is 16.8. The van der Waals surface area contributed by atoms with Crippen LogP contribution >= 0.6 is 35.3 Å². The van der Waals surface area contributed by atoms with E-state index in [1.54, 1.807) is 18.0 Å². The molecule has 5 unspecified atom stereocenters. The molecule has 0 radical (unpaired) electrons. The topological polar surface area (TPSA) is 714 Å². The second-order valence-electron chi connectivity index (χ2n) is 24.2. The number of aliphatic hydroxyl groups excluding tert-OH is 10. The SMILES string of the molecule is NCCSCc1cn([C@H]2CC(O)[C@@H](CO)O2)c(=O)nc1N.Nc1nc(=O)n([C@H]2CC(O)[C@@H](CO)O2)cc1CSC[C@H](N)C(=O)O.Nc1nc(=O)n([C@H]2CC(O)[C@@H](CO)O2)cc1CSC[C@H]1O[C@@H](n2cnc3c(N)ncnc32)[C@@H](O)C1O.Nc1nc(=O)n([C@H]2CC(O)[C@@H](CO)O2)cc1C[Se]C[C@H](N)C(=O)O. The summed E-state index contributed by atoms with van der Waals surface area (Å²) in [5, 5.41) is 115. The van der Waals surface area contributed by atoms with Crippen LogP contribution in [0.5, 0.6) is 0 Å². The molecule has 0 saturated carbocycles. The molecule has 18 atom stereocenters. The molecule has 0 spiro atoms. The Kier molecular flexibility index (Phi) is 30.7. The summed E-state index contributed by atoms with van der Waals surface area (Å²) >= 11 is 4.07. The number of fused-ring (bicyclic) bond motifs is 1. The minimum atomic E-state index is -1.23. The van der Waals surface area contributed by atoms with Gasteiger partial charge in [0.25, 0.3) is 0 Å². The number of thioether (sulfide) groups is 3. The van der Waals surface area contributed by atoms with Gasteiger partial charge in [-0.3, -0.25) is 23.1 Å². The summed E-state index contributed by atoms with van der Waals surface area (Å²) in [7, 11) is 0. The number of carbonyl (C=O) groups is 2. The van der Waals surface area contributed by atoms with Crippen LogP contribution in [0, 0.1) is 0 Å². The van der Waals surface area contributed by atoms with E-state index in [2.05, 4.69) is 34.9 Å². The Labute approximate surface area is 613 Å². The van der Waals surface area contributed by atoms with Crippen LogP contribution in [-0.4, -0.2) is 275 Å². The molecular formula is C58H86N20O23S3Se. The number of carboxylic acid groups (broad SMARTS) is 2. The van der Waals surface area contributed by atoms with Gasteiger partial charge in [-0.05, 0) is 0 Å². The van der Waals surface area contributed by atoms with E-state index >= 15 is 0 Å². The molecule has 0 aromatic carbocycles. The van der Waals surface area contributed by atoms with Gasteiger partial charge < -0.3 is 99.3 Å². The first-order chi connectivity index (χ1) is 50.0. The van der Waals surface area contributed by atoms with Crippen molar-refractivity contribution in [2.45, 2.75) is 164 Å². The molecule has 5 aliphatic rings. The number of hydrogen-bond acceptors (Lipinski definition) is 39. The predicted molar refractivity (Wildman–Crippen MR) is 377 cm³/mol. The van der Waals surface area contributed by atoms with Crippen molar-refractivity contribution in [3.63, 3.8) is 0 Å². The van der Waals surface area contributed by atoms with Crippen molar-refractivity contribution < 1.29 is 94.6 Å². The number of ether oxygens (including phenoxy) is 5. The van der Waals surface area contributed by atoms with Gasteiger partial charge in [0, 0.05) is 95.6 Å². The number of anilines is 5. The van der Waals surface area contributed by atoms with E-state index in [-0.39, 0.29) is 102 Å². The summed E-state index contributed by atoms with van der Waals surface area (Å²) in [6.45, 7) is -0.812. The van der Waals surface area contributed by atoms with Crippen LogP contribution < -0.4 is 68.6 Å². The summed E-state index contributed by atoms with van der Waals surface area (Å²) in [5.41, 5.74) is 46.1. The first kappa shape index (κ1) is 83.5. The molecule has 28 N–H and O–H groups in total. The fourth-order valence-electron chi connectivity index (χ4n) is 11.0. The standard InChI is InChI=1S/C20H26N8O7S.C13H20N4O6S.C13H20N4O6Se.C12H20N4O4S/c21-16-8(2-27(20(33)26-16)12-1-9(30)10(3-29)34-12)4-36-5-11-14(31)15(32)19(35-11)28-7-25-13-17(22)23-6-24-18(13)28;2*14-7(12(20)21)5-24-4-6-2-17(13(22)16-11(6)15)10-1-8(19)9(3-18)23-10;13-1-2-21-6-7-4-16(12(19)15-11(7)14)10-3-8(18)9(5-17)20-10/h2,6-7,9-12,14-15,19,29-32H,1,3-5H2,(H2,21,26,33)(H2,22,23,24);2*2,7-10,18-19H,1,3-5,14H2,(H,20,21)(H2,15,16,22);4,8-10,17-18H,1-3,5-6,13H2,(H2,14,15,19)/t9?,10-,11-,12-,14?,15+,19-;2*7-,8?,9+,10+;8?,9-,10-/m1001/s1. The van der Waals surface area contributed by atoms with Crippen LogP contribution in [0.2, 0.25) is 5.32 Å². The van der Waals surface area contributed by atoms with Crippen molar-refractivity contribution >= 4 is 102 Å². The van der Waals surface area contributed by atoms with E-state index in [4.69, 9.17) is 95.1 Å². The Morgan fingerprint density at radius 1 is 0.505 bits per heavy atom. The van der Waals surface area contributed by atoms with Gasteiger partial charge in [0.1, 0.15) is 84.5 Å². The maximum absolute atomic E-state index is 12.3. The zero-order valence-electron chi connectivity index (χ0n) is 55.9. The molecule has 11 heterocycles. The number of nitrogen functional groups attached to an aromatic ring is 5. The van der Waals surface area contributed by atoms with Crippen LogP contribution in [0.15, 0.2) is 56.6 Å². The molecule has 5 saturated heterocycles. The summed E-state index contributed by atoms with van der Waals surface area (Å²) in [4.78, 5) is 97.0. The Hall–Kier alpha value is -7.14. The number of aliphatic carboxylic acids is 2. The Morgan fingerprint density at radius 2 is 0.895 bits per heavy atom. The van der Waals surface area contributed by atoms with Gasteiger partial charge in [0.05, 0.1) is 50.6 Å². The average molecular weight is 1610 g/mol. The number of hydrogen-bond donors (Lipinski definition) is 20. The van der Waals surface area contributed by atoms with Crippen molar-refractivity contribution in [3.05, 3.63) is 102 Å². The van der Waals surface area contributed by atoms with E-state index in [1.807, 2.05) is 0 Å². The molecule has 43 nitrogen and oxygen atoms in total. The molecule has 5 fully saturated rings. The molecule has 0 aliphatic carbocycles. The average Bonchev–Trinajstić information content (AvgIpc) is 1.62. The van der Waals surface area contributed by atoms with Gasteiger partial charge in [-0.15, -0.1) is 0 Å². The van der Waals surface area contributed by atoms with Crippen LogP contribution in [-0.2, 0) is 55.9 Å². The number of rotatable bonds is 27. The first-order valence-electron chi connectivity index (χ1n) is 32.2. The number of nitrogens with zero attached hydrogens (tertiary/aromatic N) is 12. The first-order valence-corrected chi connectivity index (χ1v) is 38.1. The molecule has 0 amide bonds. The fourth-order valence-corrected chi connectivity index (χ4v) is 15.8. The second-order valence-corrected chi connectivity index (χ2v) is 29.6. The second kappa shape index (κ2) is 38.6. The monoisotopic (exact) mass is 1610 g/mol. The minimum absolute atomic E-state index is 0.0462. The van der Waals surface area contributed by atoms with Crippen LogP contribution in [0.1, 0.15) is 79.1 Å². The van der Waals surface area contributed by atoms with Gasteiger partial charge in [-0.2, -0.15) is 50.2 Å². The van der Waals surface area contributed by atoms with Crippen LogP contribution in [0.25, 0.3) is 11.2 Å². The fraction of sp³-hybridized carbons (Fsp3) is 0.603. The molecule has 47 heteroatoms. The van der Waals surface area contributed by atoms with E-state index in [9.17, 15) is 64.5 Å². The Balaban J connectivity index is 0.000000182. The Morgan fingerprint density at radius 3 is 1.29 bits per heavy atom. The van der Waals surface area contributed by atoms with Gasteiger partial charge in [-0.25, -0.2) is 29.3 Å². The molecule has 6 aromatic heterocycles. The van der Waals surface area contributed by atoms with Crippen molar-refractivity contribution in [2.24, 2.45) is 17.2 Å². The summed E-state index contributed by atoms with van der Waals surface area (Å²) in [6.07, 6.45) is -3.93. The van der Waals surface area contributed by atoms with E-state index < -0.39 is 145 Å². The summed E-state index contributed by atoms with van der Waals surface area (Å²) in [6, 6.07) is -1.92. The summed E-state index contributed by atoms with van der Waals surface area (Å²) < 4.78 is 34.3. The normalized spacial score (nSPS) is 26.9. The molecule has 580 valence electrons. The van der Waals surface area contributed by atoms with Crippen LogP contribution in [0.3, 0.4) is 0 Å². The molecule has 0 bridgehead atoms. The zero-order chi connectivity index (χ0) is 76.7. The van der Waals surface area contributed by atoms with Crippen molar-refractivity contribution in [3.8, 4) is 0 Å². The van der Waals surface area contributed by atoms with Crippen LogP contribution in [0.4, 0.5) is 29.1 Å². The molecule has 5 aliphatic heterocycles. The third kappa shape index (κ3) is 21.2. The Bertz CT molecular complexity index is 4040. The van der Waals surface area contributed by atoms with E-state index in [0.717, 1.165) is 11.3 Å². The van der Waals surface area contributed by atoms with Crippen molar-refractivity contribution in [1.82, 2.24) is 57.7 Å². The number of aromatic nitrogens is 12. The molecule has 105 heavy (non-hydrogen) atoms. The quantitative estimate of drug-likeness (QED) is 0.0168. The predicted octanol–water partition coefficient (Wildman–Crippen LogP) is -7.99. The van der Waals surface area contributed by atoms with Gasteiger partial charge in [0.15, 0.2) is 17.7 Å². The van der Waals surface area contributed by atoms with E-state index in [1.165, 1.54) is 77.6 Å². The molecule has 6 aromatic rings. The van der Waals surface area contributed by atoms with E-state index in [0.29, 0.717) is 68.0 Å². The summed E-state index contributed by atoms with van der Waals surface area (Å²) in [5.74, 6) is 0.896. The van der Waals surface area contributed by atoms with Crippen molar-refractivity contribution in [1.29, 1.82) is 0 Å². The number of carboxylic acids is 2. The zero-order valence-corrected chi connectivity index (χ0v) is 60.0. The van der Waals surface area contributed by atoms with Gasteiger partial charge in [-0.1, -0.05) is 0 Å². The number of nitrogens with two attached hydrogens (primary N) is 8.